The van der Waals surface area contributed by atoms with Crippen LogP contribution in [0.1, 0.15) is 32.2 Å². The summed E-state index contributed by atoms with van der Waals surface area (Å²) >= 11 is 0. The molecule has 0 aliphatic heterocycles. The van der Waals surface area contributed by atoms with Gasteiger partial charge in [0.25, 0.3) is 0 Å². The SMILES string of the molecule is CCc1nccn1-c1ccc(CNC(C)C)cc1F. The van der Waals surface area contributed by atoms with Crippen LogP contribution in [0.25, 0.3) is 5.69 Å². The zero-order valence-electron chi connectivity index (χ0n) is 11.7. The molecule has 0 atom stereocenters. The Labute approximate surface area is 113 Å². The lowest BCUT2D eigenvalue weighted by Gasteiger charge is -2.11. The van der Waals surface area contributed by atoms with Crippen molar-refractivity contribution in [2.75, 3.05) is 0 Å². The summed E-state index contributed by atoms with van der Waals surface area (Å²) < 4.78 is 16.0. The Morgan fingerprint density at radius 2 is 2.16 bits per heavy atom. The number of hydrogen-bond donors (Lipinski definition) is 1. The van der Waals surface area contributed by atoms with Gasteiger partial charge in [0.05, 0.1) is 5.69 Å². The molecule has 0 fully saturated rings. The third-order valence-electron chi connectivity index (χ3n) is 3.02. The lowest BCUT2D eigenvalue weighted by molar-refractivity contribution is 0.579. The van der Waals surface area contributed by atoms with E-state index >= 15 is 0 Å². The molecule has 0 amide bonds. The van der Waals surface area contributed by atoms with Gasteiger partial charge < -0.3 is 9.88 Å². The van der Waals surface area contributed by atoms with E-state index in [-0.39, 0.29) is 5.82 Å². The molecule has 1 N–H and O–H groups in total. The van der Waals surface area contributed by atoms with Crippen LogP contribution in [-0.2, 0) is 13.0 Å². The maximum atomic E-state index is 14.2. The maximum Gasteiger partial charge on any atom is 0.147 e. The Kier molecular flexibility index (Phi) is 4.32. The molecule has 0 saturated heterocycles. The first kappa shape index (κ1) is 13.7. The molecule has 0 unspecified atom stereocenters. The number of halogens is 1. The number of aryl methyl sites for hydroxylation is 1. The molecule has 2 rings (SSSR count). The highest BCUT2D eigenvalue weighted by Gasteiger charge is 2.09. The minimum absolute atomic E-state index is 0.212. The molecule has 4 heteroatoms. The predicted molar refractivity (Wildman–Crippen MR) is 74.9 cm³/mol. The first-order valence-electron chi connectivity index (χ1n) is 6.66. The number of nitrogens with zero attached hydrogens (tertiary/aromatic N) is 2. The third-order valence-corrected chi connectivity index (χ3v) is 3.02. The molecule has 0 aliphatic rings. The van der Waals surface area contributed by atoms with Crippen LogP contribution in [0.3, 0.4) is 0 Å². The number of hydrogen-bond acceptors (Lipinski definition) is 2. The summed E-state index contributed by atoms with van der Waals surface area (Å²) in [5.41, 5.74) is 1.51. The van der Waals surface area contributed by atoms with Crippen molar-refractivity contribution in [2.45, 2.75) is 39.8 Å². The topological polar surface area (TPSA) is 29.9 Å². The number of benzene rings is 1. The van der Waals surface area contributed by atoms with E-state index in [0.717, 1.165) is 17.8 Å². The zero-order valence-corrected chi connectivity index (χ0v) is 11.7. The summed E-state index contributed by atoms with van der Waals surface area (Å²) in [6.45, 7) is 6.84. The first-order chi connectivity index (χ1) is 9.11. The molecule has 0 radical (unpaired) electrons. The fourth-order valence-corrected chi connectivity index (χ4v) is 1.99. The van der Waals surface area contributed by atoms with Gasteiger partial charge >= 0.3 is 0 Å². The lowest BCUT2D eigenvalue weighted by atomic mass is 10.2. The summed E-state index contributed by atoms with van der Waals surface area (Å²) in [5, 5.41) is 3.28. The van der Waals surface area contributed by atoms with Gasteiger partial charge in [-0.2, -0.15) is 0 Å². The van der Waals surface area contributed by atoms with Gasteiger partial charge in [-0.1, -0.05) is 26.8 Å². The molecule has 3 nitrogen and oxygen atoms in total. The van der Waals surface area contributed by atoms with E-state index < -0.39 is 0 Å². The lowest BCUT2D eigenvalue weighted by Crippen LogP contribution is -2.21. The van der Waals surface area contributed by atoms with Crippen LogP contribution in [0.4, 0.5) is 4.39 Å². The highest BCUT2D eigenvalue weighted by molar-refractivity contribution is 5.37. The Hall–Kier alpha value is -1.68. The molecule has 1 aromatic carbocycles. The normalized spacial score (nSPS) is 11.2. The second-order valence-electron chi connectivity index (χ2n) is 4.89. The summed E-state index contributed by atoms with van der Waals surface area (Å²) in [7, 11) is 0. The highest BCUT2D eigenvalue weighted by Crippen LogP contribution is 2.17. The molecule has 1 aromatic heterocycles. The third kappa shape index (κ3) is 3.20. The van der Waals surface area contributed by atoms with Crippen LogP contribution < -0.4 is 5.32 Å². The highest BCUT2D eigenvalue weighted by atomic mass is 19.1. The Bertz CT molecular complexity index is 546. The van der Waals surface area contributed by atoms with E-state index in [0.29, 0.717) is 18.3 Å². The van der Waals surface area contributed by atoms with Crippen LogP contribution in [0.15, 0.2) is 30.6 Å². The fourth-order valence-electron chi connectivity index (χ4n) is 1.99. The molecule has 0 spiro atoms. The van der Waals surface area contributed by atoms with Crippen molar-refractivity contribution in [3.63, 3.8) is 0 Å². The van der Waals surface area contributed by atoms with Crippen molar-refractivity contribution in [2.24, 2.45) is 0 Å². The second kappa shape index (κ2) is 5.97. The zero-order chi connectivity index (χ0) is 13.8. The van der Waals surface area contributed by atoms with Crippen LogP contribution in [0.2, 0.25) is 0 Å². The summed E-state index contributed by atoms with van der Waals surface area (Å²) in [6, 6.07) is 5.74. The van der Waals surface area contributed by atoms with Gasteiger partial charge in [-0.15, -0.1) is 0 Å². The Morgan fingerprint density at radius 1 is 1.37 bits per heavy atom. The van der Waals surface area contributed by atoms with Crippen molar-refractivity contribution < 1.29 is 4.39 Å². The smallest absolute Gasteiger partial charge is 0.147 e. The van der Waals surface area contributed by atoms with E-state index in [9.17, 15) is 4.39 Å². The monoisotopic (exact) mass is 261 g/mol. The van der Waals surface area contributed by atoms with E-state index in [1.807, 2.05) is 19.1 Å². The van der Waals surface area contributed by atoms with Gasteiger partial charge in [0.1, 0.15) is 11.6 Å². The van der Waals surface area contributed by atoms with Gasteiger partial charge in [0, 0.05) is 31.4 Å². The number of rotatable bonds is 5. The summed E-state index contributed by atoms with van der Waals surface area (Å²) in [5.74, 6) is 0.655. The molecule has 1 heterocycles. The van der Waals surface area contributed by atoms with Gasteiger partial charge in [0.2, 0.25) is 0 Å². The fraction of sp³-hybridized carbons (Fsp3) is 0.400. The van der Waals surface area contributed by atoms with E-state index in [2.05, 4.69) is 24.1 Å². The molecule has 0 saturated carbocycles. The molecule has 0 aliphatic carbocycles. The molecular weight excluding hydrogens is 241 g/mol. The average Bonchev–Trinajstić information content (AvgIpc) is 2.84. The maximum absolute atomic E-state index is 14.2. The summed E-state index contributed by atoms with van der Waals surface area (Å²) in [4.78, 5) is 4.22. The summed E-state index contributed by atoms with van der Waals surface area (Å²) in [6.07, 6.45) is 4.28. The second-order valence-corrected chi connectivity index (χ2v) is 4.89. The van der Waals surface area contributed by atoms with E-state index in [4.69, 9.17) is 0 Å². The number of aromatic nitrogens is 2. The molecule has 102 valence electrons. The van der Waals surface area contributed by atoms with Crippen LogP contribution in [-0.4, -0.2) is 15.6 Å². The molecule has 2 aromatic rings. The van der Waals surface area contributed by atoms with Gasteiger partial charge in [-0.25, -0.2) is 9.37 Å². The standard InChI is InChI=1S/C15H20FN3/c1-4-15-17-7-8-19(15)14-6-5-12(9-13(14)16)10-18-11(2)3/h5-9,11,18H,4,10H2,1-3H3. The minimum Gasteiger partial charge on any atom is -0.310 e. The predicted octanol–water partition coefficient (Wildman–Crippen LogP) is 3.07. The van der Waals surface area contributed by atoms with Gasteiger partial charge in [-0.05, 0) is 17.7 Å². The molecular formula is C15H20FN3. The van der Waals surface area contributed by atoms with Crippen LogP contribution in [0.5, 0.6) is 0 Å². The van der Waals surface area contributed by atoms with Crippen molar-refractivity contribution in [1.29, 1.82) is 0 Å². The largest absolute Gasteiger partial charge is 0.310 e. The Morgan fingerprint density at radius 3 is 2.79 bits per heavy atom. The average molecular weight is 261 g/mol. The van der Waals surface area contributed by atoms with Crippen molar-refractivity contribution in [3.05, 3.63) is 47.8 Å². The van der Waals surface area contributed by atoms with E-state index in [1.54, 1.807) is 23.0 Å². The van der Waals surface area contributed by atoms with Crippen molar-refractivity contribution in [3.8, 4) is 5.69 Å². The van der Waals surface area contributed by atoms with Crippen molar-refractivity contribution in [1.82, 2.24) is 14.9 Å². The van der Waals surface area contributed by atoms with Crippen molar-refractivity contribution >= 4 is 0 Å². The van der Waals surface area contributed by atoms with Crippen LogP contribution >= 0.6 is 0 Å². The molecule has 0 bridgehead atoms. The minimum atomic E-state index is -0.212. The number of nitrogens with one attached hydrogen (secondary N) is 1. The Balaban J connectivity index is 2.24. The molecule has 19 heavy (non-hydrogen) atoms. The number of imidazole rings is 1. The first-order valence-corrected chi connectivity index (χ1v) is 6.66. The van der Waals surface area contributed by atoms with Gasteiger partial charge in [-0.3, -0.25) is 0 Å². The van der Waals surface area contributed by atoms with Gasteiger partial charge in [0.15, 0.2) is 0 Å². The quantitative estimate of drug-likeness (QED) is 0.896. The van der Waals surface area contributed by atoms with Crippen LogP contribution in [0, 0.1) is 5.82 Å². The van der Waals surface area contributed by atoms with E-state index in [1.165, 1.54) is 0 Å².